The van der Waals surface area contributed by atoms with Gasteiger partial charge in [0.2, 0.25) is 10.0 Å². The van der Waals surface area contributed by atoms with Crippen LogP contribution in [0.4, 0.5) is 0 Å². The molecule has 8 heteroatoms. The van der Waals surface area contributed by atoms with Gasteiger partial charge in [-0.25, -0.2) is 8.42 Å². The minimum absolute atomic E-state index is 0.00626. The third-order valence-electron chi connectivity index (χ3n) is 4.56. The van der Waals surface area contributed by atoms with Crippen LogP contribution in [0.5, 0.6) is 5.75 Å². The van der Waals surface area contributed by atoms with Crippen molar-refractivity contribution in [1.29, 1.82) is 0 Å². The van der Waals surface area contributed by atoms with Crippen LogP contribution in [0.2, 0.25) is 5.02 Å². The maximum Gasteiger partial charge on any atom is 0.258 e. The number of ether oxygens (including phenoxy) is 1. The van der Waals surface area contributed by atoms with Gasteiger partial charge < -0.3 is 10.1 Å². The van der Waals surface area contributed by atoms with E-state index in [9.17, 15) is 13.2 Å². The molecule has 0 aliphatic carbocycles. The molecule has 0 aromatic heterocycles. The number of carbonyl (C=O) groups is 1. The SMILES string of the molecule is Cc1ccc(CNC(=O)COc2ccc(Cl)cc2S(=O)(=O)N2CCCC2)cc1. The van der Waals surface area contributed by atoms with E-state index >= 15 is 0 Å². The third kappa shape index (κ3) is 5.04. The predicted molar refractivity (Wildman–Crippen MR) is 108 cm³/mol. The van der Waals surface area contributed by atoms with Crippen LogP contribution in [0.25, 0.3) is 0 Å². The average molecular weight is 423 g/mol. The highest BCUT2D eigenvalue weighted by Gasteiger charge is 2.30. The highest BCUT2D eigenvalue weighted by molar-refractivity contribution is 7.89. The van der Waals surface area contributed by atoms with E-state index in [1.807, 2.05) is 31.2 Å². The van der Waals surface area contributed by atoms with Crippen molar-refractivity contribution >= 4 is 27.5 Å². The molecule has 6 nitrogen and oxygen atoms in total. The molecule has 1 aliphatic heterocycles. The van der Waals surface area contributed by atoms with Crippen LogP contribution in [0, 0.1) is 6.92 Å². The largest absolute Gasteiger partial charge is 0.482 e. The van der Waals surface area contributed by atoms with Crippen LogP contribution < -0.4 is 10.1 Å². The molecule has 150 valence electrons. The predicted octanol–water partition coefficient (Wildman–Crippen LogP) is 3.13. The molecule has 0 saturated carbocycles. The molecule has 28 heavy (non-hydrogen) atoms. The van der Waals surface area contributed by atoms with Crippen molar-refractivity contribution in [1.82, 2.24) is 9.62 Å². The molecule has 0 unspecified atom stereocenters. The summed E-state index contributed by atoms with van der Waals surface area (Å²) in [5.41, 5.74) is 2.12. The zero-order valence-corrected chi connectivity index (χ0v) is 17.2. The summed E-state index contributed by atoms with van der Waals surface area (Å²) in [4.78, 5) is 12.1. The van der Waals surface area contributed by atoms with Crippen LogP contribution in [0.3, 0.4) is 0 Å². The Balaban J connectivity index is 1.65. The number of nitrogens with one attached hydrogen (secondary N) is 1. The van der Waals surface area contributed by atoms with E-state index in [1.54, 1.807) is 6.07 Å². The summed E-state index contributed by atoms with van der Waals surface area (Å²) in [7, 11) is -3.71. The van der Waals surface area contributed by atoms with Crippen LogP contribution in [-0.4, -0.2) is 38.3 Å². The average Bonchev–Trinajstić information content (AvgIpc) is 3.22. The van der Waals surface area contributed by atoms with Gasteiger partial charge in [0.25, 0.3) is 5.91 Å². The third-order valence-corrected chi connectivity index (χ3v) is 6.71. The van der Waals surface area contributed by atoms with Crippen molar-refractivity contribution in [3.05, 3.63) is 58.6 Å². The lowest BCUT2D eigenvalue weighted by molar-refractivity contribution is -0.123. The maximum absolute atomic E-state index is 12.9. The lowest BCUT2D eigenvalue weighted by atomic mass is 10.1. The Morgan fingerprint density at radius 3 is 2.50 bits per heavy atom. The normalized spacial score (nSPS) is 14.8. The van der Waals surface area contributed by atoms with Crippen molar-refractivity contribution in [2.45, 2.75) is 31.2 Å². The lowest BCUT2D eigenvalue weighted by Gasteiger charge is -2.18. The highest BCUT2D eigenvalue weighted by atomic mass is 35.5. The van der Waals surface area contributed by atoms with E-state index < -0.39 is 10.0 Å². The molecule has 1 aliphatic rings. The molecule has 0 spiro atoms. The zero-order chi connectivity index (χ0) is 20.1. The van der Waals surface area contributed by atoms with E-state index in [4.69, 9.17) is 16.3 Å². The first-order valence-electron chi connectivity index (χ1n) is 9.11. The fourth-order valence-corrected chi connectivity index (χ4v) is 4.88. The monoisotopic (exact) mass is 422 g/mol. The first kappa shape index (κ1) is 20.6. The Kier molecular flexibility index (Phi) is 6.59. The van der Waals surface area contributed by atoms with E-state index in [0.717, 1.165) is 24.0 Å². The molecule has 0 atom stereocenters. The topological polar surface area (TPSA) is 75.7 Å². The fraction of sp³-hybridized carbons (Fsp3) is 0.350. The Morgan fingerprint density at radius 1 is 1.14 bits per heavy atom. The summed E-state index contributed by atoms with van der Waals surface area (Å²) in [6.07, 6.45) is 1.66. The van der Waals surface area contributed by atoms with Crippen LogP contribution in [-0.2, 0) is 21.4 Å². The van der Waals surface area contributed by atoms with Crippen LogP contribution in [0.15, 0.2) is 47.4 Å². The van der Waals surface area contributed by atoms with Gasteiger partial charge >= 0.3 is 0 Å². The maximum atomic E-state index is 12.9. The van der Waals surface area contributed by atoms with Gasteiger partial charge in [-0.15, -0.1) is 0 Å². The van der Waals surface area contributed by atoms with Gasteiger partial charge in [-0.3, -0.25) is 4.79 Å². The van der Waals surface area contributed by atoms with E-state index in [2.05, 4.69) is 5.32 Å². The number of carbonyl (C=O) groups excluding carboxylic acids is 1. The number of rotatable bonds is 7. The van der Waals surface area contributed by atoms with Gasteiger partial charge in [-0.1, -0.05) is 41.4 Å². The van der Waals surface area contributed by atoms with Gasteiger partial charge in [0.05, 0.1) is 0 Å². The van der Waals surface area contributed by atoms with E-state index in [0.29, 0.717) is 24.7 Å². The Bertz CT molecular complexity index is 939. The molecular weight excluding hydrogens is 400 g/mol. The number of hydrogen-bond acceptors (Lipinski definition) is 4. The molecule has 1 N–H and O–H groups in total. The number of nitrogens with zero attached hydrogens (tertiary/aromatic N) is 1. The molecular formula is C20H23ClN2O4S. The van der Waals surface area contributed by atoms with Crippen molar-refractivity contribution in [3.8, 4) is 5.75 Å². The van der Waals surface area contributed by atoms with E-state index in [1.165, 1.54) is 16.4 Å². The molecule has 1 fully saturated rings. The standard InChI is InChI=1S/C20H23ClN2O4S/c1-15-4-6-16(7-5-15)13-22-20(24)14-27-18-9-8-17(21)12-19(18)28(25,26)23-10-2-3-11-23/h4-9,12H,2-3,10-11,13-14H2,1H3,(H,22,24). The minimum Gasteiger partial charge on any atom is -0.482 e. The molecule has 0 radical (unpaired) electrons. The number of hydrogen-bond donors (Lipinski definition) is 1. The van der Waals surface area contributed by atoms with Crippen molar-refractivity contribution in [2.75, 3.05) is 19.7 Å². The summed E-state index contributed by atoms with van der Waals surface area (Å²) >= 11 is 6.00. The fourth-order valence-electron chi connectivity index (χ4n) is 2.97. The van der Waals surface area contributed by atoms with Gasteiger partial charge in [-0.2, -0.15) is 4.31 Å². The number of aryl methyl sites for hydroxylation is 1. The van der Waals surface area contributed by atoms with Gasteiger partial charge in [0.1, 0.15) is 10.6 Å². The smallest absolute Gasteiger partial charge is 0.258 e. The first-order chi connectivity index (χ1) is 13.4. The highest BCUT2D eigenvalue weighted by Crippen LogP contribution is 2.31. The molecule has 0 bridgehead atoms. The second-order valence-corrected chi connectivity index (χ2v) is 9.10. The molecule has 2 aromatic carbocycles. The lowest BCUT2D eigenvalue weighted by Crippen LogP contribution is -2.30. The van der Waals surface area contributed by atoms with E-state index in [-0.39, 0.29) is 23.2 Å². The summed E-state index contributed by atoms with van der Waals surface area (Å²) in [5.74, 6) is -0.207. The van der Waals surface area contributed by atoms with Gasteiger partial charge in [0.15, 0.2) is 6.61 Å². The zero-order valence-electron chi connectivity index (χ0n) is 15.7. The Hall–Kier alpha value is -2.09. The molecule has 3 rings (SSSR count). The quantitative estimate of drug-likeness (QED) is 0.743. The Labute approximate surface area is 170 Å². The van der Waals surface area contributed by atoms with Crippen LogP contribution in [0.1, 0.15) is 24.0 Å². The summed E-state index contributed by atoms with van der Waals surface area (Å²) in [5, 5.41) is 3.06. The molecule has 1 saturated heterocycles. The number of halogens is 1. The Morgan fingerprint density at radius 2 is 1.82 bits per heavy atom. The summed E-state index contributed by atoms with van der Waals surface area (Å²) in [6.45, 7) is 3.05. The second kappa shape index (κ2) is 8.94. The molecule has 1 heterocycles. The summed E-state index contributed by atoms with van der Waals surface area (Å²) in [6, 6.07) is 12.2. The molecule has 1 amide bonds. The van der Waals surface area contributed by atoms with Crippen molar-refractivity contribution in [2.24, 2.45) is 0 Å². The number of amides is 1. The minimum atomic E-state index is -3.71. The number of benzene rings is 2. The number of sulfonamides is 1. The van der Waals surface area contributed by atoms with Crippen molar-refractivity contribution < 1.29 is 17.9 Å². The van der Waals surface area contributed by atoms with Gasteiger partial charge in [-0.05, 0) is 43.5 Å². The first-order valence-corrected chi connectivity index (χ1v) is 10.9. The van der Waals surface area contributed by atoms with Crippen molar-refractivity contribution in [3.63, 3.8) is 0 Å². The molecule has 2 aromatic rings. The summed E-state index contributed by atoms with van der Waals surface area (Å²) < 4.78 is 32.7. The second-order valence-electron chi connectivity index (χ2n) is 6.75. The van der Waals surface area contributed by atoms with Crippen LogP contribution >= 0.6 is 11.6 Å². The van der Waals surface area contributed by atoms with Gasteiger partial charge in [0, 0.05) is 24.7 Å².